The average Bonchev–Trinajstić information content (AvgIpc) is 2.99. The summed E-state index contributed by atoms with van der Waals surface area (Å²) in [6.45, 7) is 0. The second kappa shape index (κ2) is 10.0. The molecule has 2 aromatic rings. The number of carbonyl (C=O) groups is 1. The Kier molecular flexibility index (Phi) is 8.29. The van der Waals surface area contributed by atoms with E-state index in [0.717, 1.165) is 30.2 Å². The number of carbonyl (C=O) groups excluding carboxylic acids is 1. The predicted molar refractivity (Wildman–Crippen MR) is 128 cm³/mol. The number of Topliss-reactive ketones (excluding diaryl/α,β-unsaturated/α-hetero) is 1. The van der Waals surface area contributed by atoms with Crippen molar-refractivity contribution in [1.29, 1.82) is 0 Å². The molecule has 0 unspecified atom stereocenters. The third kappa shape index (κ3) is 6.28. The van der Waals surface area contributed by atoms with Crippen LogP contribution in [0.15, 0.2) is 23.0 Å². The highest BCUT2D eigenvalue weighted by Crippen LogP contribution is 2.24. The van der Waals surface area contributed by atoms with Crippen LogP contribution in [0, 0.1) is 5.92 Å². The lowest BCUT2D eigenvalue weighted by Gasteiger charge is -2.20. The maximum absolute atomic E-state index is 13.1. The van der Waals surface area contributed by atoms with Gasteiger partial charge in [-0.05, 0) is 18.2 Å². The SMILES string of the molecule is CN(C)C(=S)SCC(CSC(=S)N(C)C)C(=O)c1ccc2[nH]c(=O)sc2c1. The molecule has 1 aromatic carbocycles. The average molecular weight is 460 g/mol. The van der Waals surface area contributed by atoms with Crippen molar-refractivity contribution >= 4 is 83.9 Å². The van der Waals surface area contributed by atoms with Crippen LogP contribution in [-0.2, 0) is 0 Å². The van der Waals surface area contributed by atoms with Gasteiger partial charge in [0.05, 0.1) is 10.2 Å². The number of thioether (sulfide) groups is 2. The Morgan fingerprint density at radius 3 is 2.19 bits per heavy atom. The van der Waals surface area contributed by atoms with Crippen LogP contribution in [0.2, 0.25) is 0 Å². The van der Waals surface area contributed by atoms with E-state index in [4.69, 9.17) is 24.4 Å². The Balaban J connectivity index is 2.19. The summed E-state index contributed by atoms with van der Waals surface area (Å²) < 4.78 is 2.28. The molecule has 0 aliphatic heterocycles. The van der Waals surface area contributed by atoms with E-state index < -0.39 is 0 Å². The van der Waals surface area contributed by atoms with Crippen molar-refractivity contribution < 1.29 is 4.79 Å². The first-order valence-corrected chi connectivity index (χ1v) is 11.6. The lowest BCUT2D eigenvalue weighted by Crippen LogP contribution is -2.25. The van der Waals surface area contributed by atoms with Gasteiger partial charge in [0.25, 0.3) is 0 Å². The summed E-state index contributed by atoms with van der Waals surface area (Å²) >= 11 is 14.8. The number of rotatable bonds is 6. The lowest BCUT2D eigenvalue weighted by molar-refractivity contribution is 0.0944. The van der Waals surface area contributed by atoms with Gasteiger partial charge in [-0.3, -0.25) is 9.59 Å². The van der Waals surface area contributed by atoms with Crippen molar-refractivity contribution in [3.63, 3.8) is 0 Å². The first kappa shape index (κ1) is 22.4. The molecule has 0 radical (unpaired) electrons. The van der Waals surface area contributed by atoms with Crippen molar-refractivity contribution in [2.24, 2.45) is 5.92 Å². The van der Waals surface area contributed by atoms with Gasteiger partial charge in [0.1, 0.15) is 8.64 Å². The van der Waals surface area contributed by atoms with E-state index in [0.29, 0.717) is 17.1 Å². The summed E-state index contributed by atoms with van der Waals surface area (Å²) in [4.78, 5) is 31.0. The number of H-pyrrole nitrogens is 1. The molecule has 10 heteroatoms. The van der Waals surface area contributed by atoms with E-state index in [1.54, 1.807) is 18.2 Å². The van der Waals surface area contributed by atoms with Crippen molar-refractivity contribution in [1.82, 2.24) is 14.8 Å². The highest BCUT2D eigenvalue weighted by atomic mass is 32.2. The number of hydrogen-bond donors (Lipinski definition) is 1. The zero-order valence-electron chi connectivity index (χ0n) is 15.5. The van der Waals surface area contributed by atoms with E-state index in [1.165, 1.54) is 23.5 Å². The zero-order valence-corrected chi connectivity index (χ0v) is 19.6. The maximum Gasteiger partial charge on any atom is 0.305 e. The van der Waals surface area contributed by atoms with E-state index >= 15 is 0 Å². The molecule has 0 spiro atoms. The molecule has 0 fully saturated rings. The summed E-state index contributed by atoms with van der Waals surface area (Å²) in [5, 5.41) is 0. The van der Waals surface area contributed by atoms with Crippen LogP contribution in [0.3, 0.4) is 0 Å². The minimum absolute atomic E-state index is 0.0425. The van der Waals surface area contributed by atoms with Gasteiger partial charge in [0.2, 0.25) is 0 Å². The summed E-state index contributed by atoms with van der Waals surface area (Å²) in [5.74, 6) is 0.977. The zero-order chi connectivity index (χ0) is 20.1. The molecule has 146 valence electrons. The van der Waals surface area contributed by atoms with Gasteiger partial charge in [0.15, 0.2) is 5.78 Å². The standard InChI is InChI=1S/C17H21N3O2S5/c1-19(2)16(23)25-8-11(9-26-17(24)20(3)4)14(21)10-5-6-12-13(7-10)27-15(22)18-12/h5-7,11H,8-9H2,1-4H3,(H,18,22). The van der Waals surface area contributed by atoms with Crippen LogP contribution >= 0.6 is 59.3 Å². The van der Waals surface area contributed by atoms with Crippen LogP contribution < -0.4 is 4.87 Å². The number of thiazole rings is 1. The third-order valence-corrected chi connectivity index (χ3v) is 8.27. The number of aromatic amines is 1. The molecule has 0 atom stereocenters. The molecule has 1 aromatic heterocycles. The molecule has 0 amide bonds. The minimum atomic E-state index is -0.232. The first-order chi connectivity index (χ1) is 12.7. The van der Waals surface area contributed by atoms with Crippen molar-refractivity contribution in [3.05, 3.63) is 33.4 Å². The lowest BCUT2D eigenvalue weighted by atomic mass is 10.0. The molecule has 0 bridgehead atoms. The van der Waals surface area contributed by atoms with Gasteiger partial charge in [-0.1, -0.05) is 59.3 Å². The van der Waals surface area contributed by atoms with Crippen LogP contribution in [0.25, 0.3) is 10.2 Å². The number of aromatic nitrogens is 1. The number of ketones is 1. The molecule has 5 nitrogen and oxygen atoms in total. The largest absolute Gasteiger partial charge is 0.364 e. The van der Waals surface area contributed by atoms with Crippen LogP contribution in [0.5, 0.6) is 0 Å². The monoisotopic (exact) mass is 459 g/mol. The van der Waals surface area contributed by atoms with Gasteiger partial charge >= 0.3 is 4.87 Å². The van der Waals surface area contributed by atoms with E-state index in [9.17, 15) is 9.59 Å². The van der Waals surface area contributed by atoms with Gasteiger partial charge in [-0.25, -0.2) is 0 Å². The molecule has 0 aliphatic rings. The molecule has 0 saturated carbocycles. The van der Waals surface area contributed by atoms with E-state index in [2.05, 4.69) is 4.98 Å². The molecular weight excluding hydrogens is 439 g/mol. The van der Waals surface area contributed by atoms with Gasteiger partial charge in [-0.2, -0.15) is 0 Å². The summed E-state index contributed by atoms with van der Waals surface area (Å²) in [7, 11) is 7.57. The third-order valence-electron chi connectivity index (χ3n) is 3.62. The van der Waals surface area contributed by atoms with Gasteiger partial charge in [-0.15, -0.1) is 0 Å². The summed E-state index contributed by atoms with van der Waals surface area (Å²) in [5.41, 5.74) is 1.36. The maximum atomic E-state index is 13.1. The fourth-order valence-corrected chi connectivity index (χ4v) is 5.21. The fraction of sp³-hybridized carbons (Fsp3) is 0.412. The van der Waals surface area contributed by atoms with E-state index in [-0.39, 0.29) is 16.6 Å². The molecule has 2 rings (SSSR count). The number of hydrogen-bond acceptors (Lipinski definition) is 7. The molecule has 1 heterocycles. The number of fused-ring (bicyclic) bond motifs is 1. The molecule has 27 heavy (non-hydrogen) atoms. The van der Waals surface area contributed by atoms with Crippen LogP contribution in [0.1, 0.15) is 10.4 Å². The normalized spacial score (nSPS) is 11.0. The van der Waals surface area contributed by atoms with Crippen LogP contribution in [0.4, 0.5) is 0 Å². The highest BCUT2D eigenvalue weighted by molar-refractivity contribution is 8.23. The van der Waals surface area contributed by atoms with Crippen LogP contribution in [-0.4, -0.2) is 68.9 Å². The Hall–Kier alpha value is -0.940. The topological polar surface area (TPSA) is 56.4 Å². The second-order valence-corrected chi connectivity index (χ2v) is 10.6. The number of benzene rings is 1. The molecular formula is C17H21N3O2S5. The molecule has 0 saturated heterocycles. The van der Waals surface area contributed by atoms with Crippen molar-refractivity contribution in [3.8, 4) is 0 Å². The second-order valence-electron chi connectivity index (χ2n) is 6.23. The quantitative estimate of drug-likeness (QED) is 0.520. The summed E-state index contributed by atoms with van der Waals surface area (Å²) in [6, 6.07) is 5.34. The number of thiocarbonyl (C=S) groups is 2. The van der Waals surface area contributed by atoms with Crippen molar-refractivity contribution in [2.75, 3.05) is 39.7 Å². The molecule has 0 aliphatic carbocycles. The van der Waals surface area contributed by atoms with E-state index in [1.807, 2.05) is 38.0 Å². The Bertz CT molecular complexity index is 879. The van der Waals surface area contributed by atoms with Gasteiger partial charge in [0, 0.05) is 51.2 Å². The van der Waals surface area contributed by atoms with Crippen molar-refractivity contribution in [2.45, 2.75) is 0 Å². The Morgan fingerprint density at radius 1 is 1.11 bits per heavy atom. The Morgan fingerprint density at radius 2 is 1.67 bits per heavy atom. The number of nitrogens with zero attached hydrogens (tertiary/aromatic N) is 2. The van der Waals surface area contributed by atoms with Gasteiger partial charge < -0.3 is 14.8 Å². The Labute approximate surface area is 181 Å². The summed E-state index contributed by atoms with van der Waals surface area (Å²) in [6.07, 6.45) is 0. The first-order valence-electron chi connectivity index (χ1n) is 8.04. The predicted octanol–water partition coefficient (Wildman–Crippen LogP) is 3.55. The highest BCUT2D eigenvalue weighted by Gasteiger charge is 2.23. The number of nitrogens with one attached hydrogen (secondary N) is 1. The molecule has 1 N–H and O–H groups in total. The fourth-order valence-electron chi connectivity index (χ4n) is 2.14. The minimum Gasteiger partial charge on any atom is -0.364 e. The smallest absolute Gasteiger partial charge is 0.305 e.